The molecule has 0 aliphatic heterocycles. The summed E-state index contributed by atoms with van der Waals surface area (Å²) in [6.45, 7) is 14.3. The summed E-state index contributed by atoms with van der Waals surface area (Å²) < 4.78 is 2.83. The van der Waals surface area contributed by atoms with Gasteiger partial charge in [0.15, 0.2) is 0 Å². The van der Waals surface area contributed by atoms with E-state index in [0.29, 0.717) is 0 Å². The highest BCUT2D eigenvalue weighted by atomic mass is 32.1. The molecule has 0 saturated heterocycles. The summed E-state index contributed by atoms with van der Waals surface area (Å²) in [5.74, 6) is 0. The van der Waals surface area contributed by atoms with Crippen molar-refractivity contribution in [2.75, 3.05) is 0 Å². The van der Waals surface area contributed by atoms with Crippen LogP contribution in [0.15, 0.2) is 170 Å². The molecule has 0 aliphatic carbocycles. The Bertz CT molecular complexity index is 3190. The number of hydrogen-bond donors (Lipinski definition) is 0. The van der Waals surface area contributed by atoms with Gasteiger partial charge in [0, 0.05) is 20.2 Å². The van der Waals surface area contributed by atoms with E-state index in [4.69, 9.17) is 0 Å². The van der Waals surface area contributed by atoms with Gasteiger partial charge in [0.25, 0.3) is 0 Å². The molecule has 0 aliphatic rings. The highest BCUT2D eigenvalue weighted by Crippen LogP contribution is 2.42. The monoisotopic (exact) mass is 766 g/mol. The van der Waals surface area contributed by atoms with Crippen LogP contribution in [0.2, 0.25) is 19.6 Å². The summed E-state index contributed by atoms with van der Waals surface area (Å²) in [7, 11) is -1.47. The Labute approximate surface area is 341 Å². The lowest BCUT2D eigenvalue weighted by Crippen LogP contribution is -2.37. The van der Waals surface area contributed by atoms with Gasteiger partial charge in [0.1, 0.15) is 0 Å². The van der Waals surface area contributed by atoms with Gasteiger partial charge in [-0.05, 0) is 123 Å². The van der Waals surface area contributed by atoms with Crippen molar-refractivity contribution in [1.29, 1.82) is 0 Å². The van der Waals surface area contributed by atoms with Gasteiger partial charge in [-0.25, -0.2) is 0 Å². The minimum absolute atomic E-state index is 0.0202. The maximum Gasteiger partial charge on any atom is 0.0794 e. The third-order valence-corrected chi connectivity index (χ3v) is 15.3. The van der Waals surface area contributed by atoms with E-state index in [1.54, 1.807) is 5.19 Å². The minimum atomic E-state index is -1.47. The maximum absolute atomic E-state index is 2.45. The zero-order valence-electron chi connectivity index (χ0n) is 33.6. The van der Waals surface area contributed by atoms with Crippen molar-refractivity contribution < 1.29 is 0 Å². The Morgan fingerprint density at radius 2 is 0.807 bits per heavy atom. The number of benzene rings is 9. The quantitative estimate of drug-likeness (QED) is 0.121. The summed E-state index contributed by atoms with van der Waals surface area (Å²) in [5.41, 5.74) is 11.3. The average Bonchev–Trinajstić information content (AvgIpc) is 3.61. The first-order valence-corrected chi connectivity index (χ1v) is 24.5. The van der Waals surface area contributed by atoms with Gasteiger partial charge in [-0.1, -0.05) is 180 Å². The molecule has 57 heavy (non-hydrogen) atoms. The topological polar surface area (TPSA) is 0 Å². The van der Waals surface area contributed by atoms with Gasteiger partial charge in [0.2, 0.25) is 0 Å². The number of thiophene rings is 1. The van der Waals surface area contributed by atoms with E-state index in [9.17, 15) is 0 Å². The van der Waals surface area contributed by atoms with Gasteiger partial charge in [-0.2, -0.15) is 0 Å². The molecule has 0 fully saturated rings. The van der Waals surface area contributed by atoms with E-state index in [2.05, 4.69) is 210 Å². The predicted octanol–water partition coefficient (Wildman–Crippen LogP) is 16.0. The zero-order chi connectivity index (χ0) is 39.1. The molecular formula is C55H46SSi. The smallest absolute Gasteiger partial charge is 0.0794 e. The van der Waals surface area contributed by atoms with Crippen LogP contribution in [0, 0.1) is 0 Å². The van der Waals surface area contributed by atoms with Crippen molar-refractivity contribution in [1.82, 2.24) is 0 Å². The predicted molar refractivity (Wildman–Crippen MR) is 255 cm³/mol. The zero-order valence-corrected chi connectivity index (χ0v) is 35.4. The molecule has 9 aromatic carbocycles. The molecule has 0 saturated carbocycles. The first-order chi connectivity index (χ1) is 27.5. The Balaban J connectivity index is 1.11. The van der Waals surface area contributed by atoms with Crippen LogP contribution in [0.1, 0.15) is 26.3 Å². The van der Waals surface area contributed by atoms with Crippen molar-refractivity contribution in [3.8, 4) is 44.5 Å². The molecule has 0 unspecified atom stereocenters. The van der Waals surface area contributed by atoms with Crippen molar-refractivity contribution >= 4 is 77.1 Å². The van der Waals surface area contributed by atoms with Crippen LogP contribution in [-0.2, 0) is 5.41 Å². The van der Waals surface area contributed by atoms with E-state index in [1.807, 2.05) is 11.3 Å². The lowest BCUT2D eigenvalue weighted by Gasteiger charge is -2.22. The van der Waals surface area contributed by atoms with Gasteiger partial charge in [0.05, 0.1) is 8.07 Å². The molecule has 0 radical (unpaired) electrons. The third kappa shape index (κ3) is 6.29. The normalized spacial score (nSPS) is 12.4. The molecule has 0 amide bonds. The Kier molecular flexibility index (Phi) is 8.37. The Morgan fingerprint density at radius 1 is 0.351 bits per heavy atom. The molecule has 0 bridgehead atoms. The SMILES string of the molecule is CC(C)(C)c1cc(-c2cccc(-c3ccc4c(c3)sc3c([Si](C)(C)C)cccc34)c2)cc(-c2ccc3c4ccccc4c4ccc(-c5ccccc5)cc4c3c2)c1. The van der Waals surface area contributed by atoms with E-state index in [1.165, 1.54) is 103 Å². The Hall–Kier alpha value is -5.80. The third-order valence-electron chi connectivity index (χ3n) is 11.9. The Morgan fingerprint density at radius 3 is 1.42 bits per heavy atom. The first-order valence-electron chi connectivity index (χ1n) is 20.2. The maximum atomic E-state index is 2.45. The van der Waals surface area contributed by atoms with Gasteiger partial charge in [-0.15, -0.1) is 11.3 Å². The number of rotatable bonds is 5. The van der Waals surface area contributed by atoms with Crippen LogP contribution < -0.4 is 5.19 Å². The van der Waals surface area contributed by atoms with Crippen molar-refractivity contribution in [3.63, 3.8) is 0 Å². The molecule has 0 nitrogen and oxygen atoms in total. The highest BCUT2D eigenvalue weighted by molar-refractivity contribution is 7.27. The van der Waals surface area contributed by atoms with E-state index in [-0.39, 0.29) is 5.41 Å². The standard InChI is InChI=1S/C55H46SSi/c1-55(2,3)43-30-41(37-17-12-16-36(28-37)40-24-27-48-49-20-13-21-53(57(4,5)6)54(49)56-52(48)34-40)29-42(31-43)39-23-26-47-45-19-11-10-18-44(45)46-25-22-38(32-50(46)51(47)33-39)35-14-8-7-9-15-35/h7-34H,1-6H3. The van der Waals surface area contributed by atoms with E-state index < -0.39 is 8.07 Å². The van der Waals surface area contributed by atoms with Crippen LogP contribution >= 0.6 is 11.3 Å². The molecule has 0 atom stereocenters. The first kappa shape index (κ1) is 35.6. The number of fused-ring (bicyclic) bond motifs is 9. The summed E-state index contributed by atoms with van der Waals surface area (Å²) in [6.07, 6.45) is 0. The summed E-state index contributed by atoms with van der Waals surface area (Å²) >= 11 is 1.96. The minimum Gasteiger partial charge on any atom is -0.135 e. The van der Waals surface area contributed by atoms with Gasteiger partial charge >= 0.3 is 0 Å². The summed E-state index contributed by atoms with van der Waals surface area (Å²) in [4.78, 5) is 0. The fraction of sp³-hybridized carbons (Fsp3) is 0.127. The molecular weight excluding hydrogens is 721 g/mol. The molecule has 1 aromatic heterocycles. The lowest BCUT2D eigenvalue weighted by molar-refractivity contribution is 0.590. The average molecular weight is 767 g/mol. The molecule has 276 valence electrons. The molecule has 1 heterocycles. The van der Waals surface area contributed by atoms with E-state index >= 15 is 0 Å². The van der Waals surface area contributed by atoms with Crippen LogP contribution in [0.25, 0.3) is 97.0 Å². The fourth-order valence-electron chi connectivity index (χ4n) is 8.79. The van der Waals surface area contributed by atoms with Crippen LogP contribution in [0.4, 0.5) is 0 Å². The van der Waals surface area contributed by atoms with Gasteiger partial charge < -0.3 is 0 Å². The fourth-order valence-corrected chi connectivity index (χ4v) is 12.4. The second kappa shape index (κ2) is 13.4. The van der Waals surface area contributed by atoms with Crippen molar-refractivity contribution in [3.05, 3.63) is 175 Å². The summed E-state index contributed by atoms with van der Waals surface area (Å²) in [5, 5.41) is 12.1. The second-order valence-corrected chi connectivity index (χ2v) is 23.9. The molecule has 10 aromatic rings. The number of hydrogen-bond acceptors (Lipinski definition) is 1. The van der Waals surface area contributed by atoms with Crippen LogP contribution in [-0.4, -0.2) is 8.07 Å². The highest BCUT2D eigenvalue weighted by Gasteiger charge is 2.22. The molecule has 2 heteroatoms. The molecule has 0 spiro atoms. The largest absolute Gasteiger partial charge is 0.135 e. The van der Waals surface area contributed by atoms with Crippen LogP contribution in [0.3, 0.4) is 0 Å². The summed E-state index contributed by atoms with van der Waals surface area (Å²) in [6, 6.07) is 64.1. The van der Waals surface area contributed by atoms with Crippen LogP contribution in [0.5, 0.6) is 0 Å². The van der Waals surface area contributed by atoms with Crippen molar-refractivity contribution in [2.24, 2.45) is 0 Å². The van der Waals surface area contributed by atoms with Gasteiger partial charge in [-0.3, -0.25) is 0 Å². The van der Waals surface area contributed by atoms with E-state index in [0.717, 1.165) is 0 Å². The second-order valence-electron chi connectivity index (χ2n) is 17.8. The molecule has 10 rings (SSSR count). The molecule has 0 N–H and O–H groups in total. The van der Waals surface area contributed by atoms with Crippen molar-refractivity contribution in [2.45, 2.75) is 45.8 Å². The lowest BCUT2D eigenvalue weighted by atomic mass is 9.82.